The van der Waals surface area contributed by atoms with E-state index in [2.05, 4.69) is 0 Å². The van der Waals surface area contributed by atoms with Gasteiger partial charge in [-0.3, -0.25) is 10.8 Å². The molecule has 0 amide bonds. The van der Waals surface area contributed by atoms with E-state index >= 15 is 0 Å². The zero-order valence-electron chi connectivity index (χ0n) is 14.8. The van der Waals surface area contributed by atoms with Crippen molar-refractivity contribution in [1.82, 2.24) is 0 Å². The molecular formula is C18H22Cl4N4O2. The highest BCUT2D eigenvalue weighted by Gasteiger charge is 2.06. The first-order chi connectivity index (χ1) is 12.4. The molecule has 10 heteroatoms. The molecule has 2 aromatic rings. The van der Waals surface area contributed by atoms with Crippen molar-refractivity contribution in [1.29, 1.82) is 10.8 Å². The molecule has 0 aromatic heterocycles. The maximum absolute atomic E-state index is 7.37. The molecule has 0 aliphatic heterocycles. The average molecular weight is 468 g/mol. The van der Waals surface area contributed by atoms with Gasteiger partial charge < -0.3 is 20.9 Å². The van der Waals surface area contributed by atoms with Crippen molar-refractivity contribution in [2.45, 2.75) is 12.8 Å². The van der Waals surface area contributed by atoms with E-state index in [-0.39, 0.29) is 36.5 Å². The lowest BCUT2D eigenvalue weighted by molar-refractivity contribution is 0.266. The predicted octanol–water partition coefficient (Wildman–Crippen LogP) is 4.64. The van der Waals surface area contributed by atoms with Crippen molar-refractivity contribution >= 4 is 59.7 Å². The number of nitrogen functional groups attached to an aromatic ring is 2. The lowest BCUT2D eigenvalue weighted by atomic mass is 10.2. The Morgan fingerprint density at radius 2 is 1.11 bits per heavy atom. The van der Waals surface area contributed by atoms with E-state index in [1.54, 1.807) is 36.4 Å². The van der Waals surface area contributed by atoms with Crippen LogP contribution >= 0.6 is 48.0 Å². The van der Waals surface area contributed by atoms with Crippen LogP contribution in [0.4, 0.5) is 0 Å². The summed E-state index contributed by atoms with van der Waals surface area (Å²) in [7, 11) is 0. The zero-order valence-corrected chi connectivity index (χ0v) is 18.0. The largest absolute Gasteiger partial charge is 0.492 e. The second-order valence-electron chi connectivity index (χ2n) is 5.52. The number of hydrogen-bond donors (Lipinski definition) is 4. The van der Waals surface area contributed by atoms with Gasteiger partial charge in [0.05, 0.1) is 23.3 Å². The molecule has 6 nitrogen and oxygen atoms in total. The van der Waals surface area contributed by atoms with Crippen molar-refractivity contribution in [3.05, 3.63) is 57.6 Å². The van der Waals surface area contributed by atoms with Gasteiger partial charge >= 0.3 is 0 Å². The molecule has 6 N–H and O–H groups in total. The summed E-state index contributed by atoms with van der Waals surface area (Å²) in [6, 6.07) is 10.0. The standard InChI is InChI=1S/C18H20Cl2N4O2.2ClH/c19-13-9-11(17(21)22)3-5-15(13)25-7-1-2-8-26-16-6-4-12(18(23)24)10-14(16)20;;/h3-6,9-10H,1-2,7-8H2,(H3,21,22)(H3,23,24);2*1H. The van der Waals surface area contributed by atoms with Crippen LogP contribution in [0.1, 0.15) is 24.0 Å². The summed E-state index contributed by atoms with van der Waals surface area (Å²) in [4.78, 5) is 0. The van der Waals surface area contributed by atoms with E-state index in [4.69, 9.17) is 55.0 Å². The van der Waals surface area contributed by atoms with Crippen LogP contribution in [0.5, 0.6) is 11.5 Å². The van der Waals surface area contributed by atoms with Gasteiger partial charge in [0.15, 0.2) is 0 Å². The predicted molar refractivity (Wildman–Crippen MR) is 120 cm³/mol. The van der Waals surface area contributed by atoms with Crippen molar-refractivity contribution in [2.75, 3.05) is 13.2 Å². The number of halogens is 4. The summed E-state index contributed by atoms with van der Waals surface area (Å²) < 4.78 is 11.3. The molecule has 0 aliphatic rings. The maximum atomic E-state index is 7.37. The Hall–Kier alpha value is -1.86. The van der Waals surface area contributed by atoms with Crippen molar-refractivity contribution in [2.24, 2.45) is 11.5 Å². The highest BCUT2D eigenvalue weighted by molar-refractivity contribution is 6.32. The third kappa shape index (κ3) is 7.64. The minimum absolute atomic E-state index is 0. The summed E-state index contributed by atoms with van der Waals surface area (Å²) in [6.45, 7) is 0.971. The molecule has 0 bridgehead atoms. The van der Waals surface area contributed by atoms with E-state index in [0.717, 1.165) is 12.8 Å². The molecule has 28 heavy (non-hydrogen) atoms. The van der Waals surface area contributed by atoms with Crippen molar-refractivity contribution in [3.8, 4) is 11.5 Å². The molecular weight excluding hydrogens is 446 g/mol. The topological polar surface area (TPSA) is 118 Å². The van der Waals surface area contributed by atoms with Crippen molar-refractivity contribution < 1.29 is 9.47 Å². The van der Waals surface area contributed by atoms with Gasteiger partial charge in [0.2, 0.25) is 0 Å². The minimum Gasteiger partial charge on any atom is -0.492 e. The number of rotatable bonds is 9. The lowest BCUT2D eigenvalue weighted by Gasteiger charge is -2.11. The van der Waals surface area contributed by atoms with E-state index < -0.39 is 0 Å². The van der Waals surface area contributed by atoms with Crippen LogP contribution in [-0.2, 0) is 0 Å². The third-order valence-corrected chi connectivity index (χ3v) is 4.13. The first-order valence-electron chi connectivity index (χ1n) is 7.92. The molecule has 0 saturated carbocycles. The Morgan fingerprint density at radius 1 is 0.750 bits per heavy atom. The fourth-order valence-electron chi connectivity index (χ4n) is 2.14. The summed E-state index contributed by atoms with van der Waals surface area (Å²) >= 11 is 12.2. The Kier molecular flexibility index (Phi) is 11.7. The number of amidine groups is 2. The first-order valence-corrected chi connectivity index (χ1v) is 8.67. The molecule has 0 fully saturated rings. The molecule has 0 radical (unpaired) electrons. The Bertz CT molecular complexity index is 751. The van der Waals surface area contributed by atoms with Crippen LogP contribution in [-0.4, -0.2) is 24.9 Å². The van der Waals surface area contributed by atoms with Crippen LogP contribution < -0.4 is 20.9 Å². The van der Waals surface area contributed by atoms with Gasteiger partial charge in [-0.15, -0.1) is 24.8 Å². The summed E-state index contributed by atoms with van der Waals surface area (Å²) in [5, 5.41) is 15.6. The number of nitrogens with two attached hydrogens (primary N) is 2. The van der Waals surface area contributed by atoms with E-state index in [1.165, 1.54) is 0 Å². The van der Waals surface area contributed by atoms with Gasteiger partial charge in [0, 0.05) is 11.1 Å². The summed E-state index contributed by atoms with van der Waals surface area (Å²) in [5.74, 6) is 1.04. The van der Waals surface area contributed by atoms with Gasteiger partial charge in [0.1, 0.15) is 23.2 Å². The molecule has 0 aliphatic carbocycles. The van der Waals surface area contributed by atoms with Crippen LogP contribution in [0.2, 0.25) is 10.0 Å². The van der Waals surface area contributed by atoms with Crippen LogP contribution in [0, 0.1) is 10.8 Å². The molecule has 154 valence electrons. The number of unbranched alkanes of at least 4 members (excludes halogenated alkanes) is 1. The van der Waals surface area contributed by atoms with Crippen LogP contribution in [0.15, 0.2) is 36.4 Å². The Labute approximate surface area is 186 Å². The normalized spacial score (nSPS) is 9.64. The monoisotopic (exact) mass is 466 g/mol. The highest BCUT2D eigenvalue weighted by atomic mass is 35.5. The SMILES string of the molecule is Cl.Cl.N=C(N)c1ccc(OCCCCOc2ccc(C(=N)N)cc2Cl)c(Cl)c1. The molecule has 0 spiro atoms. The maximum Gasteiger partial charge on any atom is 0.137 e. The van der Waals surface area contributed by atoms with Gasteiger partial charge in [0.25, 0.3) is 0 Å². The van der Waals surface area contributed by atoms with E-state index in [9.17, 15) is 0 Å². The molecule has 0 heterocycles. The van der Waals surface area contributed by atoms with Gasteiger partial charge in [-0.2, -0.15) is 0 Å². The zero-order chi connectivity index (χ0) is 19.1. The lowest BCUT2D eigenvalue weighted by Crippen LogP contribution is -2.11. The van der Waals surface area contributed by atoms with Crippen LogP contribution in [0.3, 0.4) is 0 Å². The second-order valence-corrected chi connectivity index (χ2v) is 6.34. The number of ether oxygens (including phenoxy) is 2. The average Bonchev–Trinajstić information content (AvgIpc) is 2.59. The molecule has 0 saturated heterocycles. The fraction of sp³-hybridized carbons (Fsp3) is 0.222. The van der Waals surface area contributed by atoms with Crippen LogP contribution in [0.25, 0.3) is 0 Å². The van der Waals surface area contributed by atoms with E-state index in [0.29, 0.717) is 45.9 Å². The van der Waals surface area contributed by atoms with Crippen molar-refractivity contribution in [3.63, 3.8) is 0 Å². The third-order valence-electron chi connectivity index (χ3n) is 3.54. The molecule has 2 rings (SSSR count). The summed E-state index contributed by atoms with van der Waals surface area (Å²) in [5.41, 5.74) is 11.9. The number of hydrogen-bond acceptors (Lipinski definition) is 4. The number of nitrogens with one attached hydrogen (secondary N) is 2. The minimum atomic E-state index is -0.0365. The van der Waals surface area contributed by atoms with Gasteiger partial charge in [-0.05, 0) is 49.2 Å². The Morgan fingerprint density at radius 3 is 1.39 bits per heavy atom. The molecule has 0 unspecified atom stereocenters. The van der Waals surface area contributed by atoms with E-state index in [1.807, 2.05) is 0 Å². The number of benzene rings is 2. The van der Waals surface area contributed by atoms with Gasteiger partial charge in [-0.1, -0.05) is 23.2 Å². The second kappa shape index (κ2) is 12.6. The quantitative estimate of drug-likeness (QED) is 0.244. The van der Waals surface area contributed by atoms with Gasteiger partial charge in [-0.25, -0.2) is 0 Å². The first kappa shape index (κ1) is 26.1. The highest BCUT2D eigenvalue weighted by Crippen LogP contribution is 2.26. The molecule has 0 atom stereocenters. The Balaban J connectivity index is 0.00000364. The smallest absolute Gasteiger partial charge is 0.137 e. The summed E-state index contributed by atoms with van der Waals surface area (Å²) in [6.07, 6.45) is 1.54. The fourth-order valence-corrected chi connectivity index (χ4v) is 2.61. The molecule has 2 aromatic carbocycles.